The van der Waals surface area contributed by atoms with Gasteiger partial charge in [0.1, 0.15) is 0 Å². The van der Waals surface area contributed by atoms with E-state index in [0.29, 0.717) is 30.7 Å². The maximum atomic E-state index is 12.7. The van der Waals surface area contributed by atoms with Crippen molar-refractivity contribution in [2.24, 2.45) is 0 Å². The molecule has 2 rings (SSSR count). The van der Waals surface area contributed by atoms with Crippen LogP contribution in [-0.2, 0) is 21.2 Å². The number of nitrogens with zero attached hydrogens (tertiary/aromatic N) is 1. The van der Waals surface area contributed by atoms with Crippen LogP contribution in [0.4, 0.5) is 0 Å². The lowest BCUT2D eigenvalue weighted by Crippen LogP contribution is -2.39. The average molecular weight is 299 g/mol. The predicted molar refractivity (Wildman–Crippen MR) is 76.7 cm³/mol. The van der Waals surface area contributed by atoms with Crippen LogP contribution in [0.5, 0.6) is 0 Å². The Morgan fingerprint density at radius 3 is 2.74 bits per heavy atom. The molecule has 0 radical (unpaired) electrons. The molecule has 104 valence electrons. The molecule has 0 amide bonds. The molecule has 0 aromatic heterocycles. The van der Waals surface area contributed by atoms with E-state index in [1.54, 1.807) is 18.2 Å². The molecule has 1 atom stereocenters. The van der Waals surface area contributed by atoms with E-state index in [9.17, 15) is 13.2 Å². The van der Waals surface area contributed by atoms with Gasteiger partial charge in [0, 0.05) is 6.54 Å². The fraction of sp³-hybridized carbons (Fsp3) is 0.462. The highest BCUT2D eigenvalue weighted by Gasteiger charge is 2.38. The van der Waals surface area contributed by atoms with E-state index in [4.69, 9.17) is 0 Å². The largest absolute Gasteiger partial charge is 0.286 e. The topological polar surface area (TPSA) is 54.5 Å². The normalized spacial score (nSPS) is 20.6. The Balaban J connectivity index is 2.45. The molecule has 4 nitrogen and oxygen atoms in total. The fourth-order valence-corrected chi connectivity index (χ4v) is 4.75. The number of hydrogen-bond acceptors (Lipinski definition) is 3. The second-order valence-corrected chi connectivity index (χ2v) is 6.87. The van der Waals surface area contributed by atoms with Gasteiger partial charge in [0.15, 0.2) is 0 Å². The monoisotopic (exact) mass is 299 g/mol. The summed E-state index contributed by atoms with van der Waals surface area (Å²) in [5.41, 5.74) is 0.778. The molecule has 1 aromatic rings. The molecule has 1 fully saturated rings. The zero-order valence-electron chi connectivity index (χ0n) is 10.7. The summed E-state index contributed by atoms with van der Waals surface area (Å²) in [5.74, 6) is 0. The zero-order valence-corrected chi connectivity index (χ0v) is 12.5. The molecule has 0 unspecified atom stereocenters. The predicted octanol–water partition coefficient (Wildman–Crippen LogP) is 1.86. The molecule has 1 heterocycles. The molecule has 1 aliphatic heterocycles. The first-order valence-corrected chi connectivity index (χ1v) is 8.19. The van der Waals surface area contributed by atoms with Crippen molar-refractivity contribution in [2.45, 2.75) is 37.1 Å². The number of aryl methyl sites for hydroxylation is 1. The summed E-state index contributed by atoms with van der Waals surface area (Å²) in [5, 5.41) is -0.380. The maximum absolute atomic E-state index is 12.7. The molecule has 1 aromatic carbocycles. The van der Waals surface area contributed by atoms with Crippen LogP contribution < -0.4 is 0 Å². The van der Waals surface area contributed by atoms with Gasteiger partial charge in [-0.1, -0.05) is 25.1 Å². The van der Waals surface area contributed by atoms with Gasteiger partial charge in [-0.3, -0.25) is 4.79 Å². The minimum Gasteiger partial charge on any atom is -0.286 e. The molecular weight excluding hydrogens is 282 g/mol. The van der Waals surface area contributed by atoms with E-state index in [2.05, 4.69) is 12.6 Å². The molecule has 1 aliphatic rings. The van der Waals surface area contributed by atoms with Gasteiger partial charge in [0.2, 0.25) is 15.1 Å². The van der Waals surface area contributed by atoms with Crippen LogP contribution in [0.1, 0.15) is 25.3 Å². The minimum atomic E-state index is -3.61. The third-order valence-corrected chi connectivity index (χ3v) is 5.74. The van der Waals surface area contributed by atoms with Gasteiger partial charge in [-0.05, 0) is 30.9 Å². The van der Waals surface area contributed by atoms with Crippen LogP contribution in [-0.4, -0.2) is 30.4 Å². The van der Waals surface area contributed by atoms with Crippen molar-refractivity contribution in [3.63, 3.8) is 0 Å². The van der Waals surface area contributed by atoms with Crippen molar-refractivity contribution in [1.82, 2.24) is 4.31 Å². The summed E-state index contributed by atoms with van der Waals surface area (Å²) in [4.78, 5) is 11.8. The first-order valence-electron chi connectivity index (χ1n) is 6.31. The van der Waals surface area contributed by atoms with Gasteiger partial charge in [0.05, 0.1) is 10.9 Å². The first kappa shape index (κ1) is 14.6. The van der Waals surface area contributed by atoms with E-state index in [-0.39, 0.29) is 5.12 Å². The van der Waals surface area contributed by atoms with E-state index >= 15 is 0 Å². The summed E-state index contributed by atoms with van der Waals surface area (Å²) >= 11 is 3.80. The van der Waals surface area contributed by atoms with E-state index < -0.39 is 16.1 Å². The smallest absolute Gasteiger partial charge is 0.244 e. The van der Waals surface area contributed by atoms with E-state index in [1.807, 2.05) is 13.0 Å². The van der Waals surface area contributed by atoms with E-state index in [0.717, 1.165) is 5.56 Å². The summed E-state index contributed by atoms with van der Waals surface area (Å²) in [6, 6.07) is 6.31. The number of carbonyl (C=O) groups excluding carboxylic acids is 1. The van der Waals surface area contributed by atoms with Crippen molar-refractivity contribution in [3.05, 3.63) is 29.8 Å². The van der Waals surface area contributed by atoms with Gasteiger partial charge in [-0.15, -0.1) is 12.6 Å². The van der Waals surface area contributed by atoms with Crippen molar-refractivity contribution in [3.8, 4) is 0 Å². The van der Waals surface area contributed by atoms with Crippen LogP contribution in [0.2, 0.25) is 0 Å². The van der Waals surface area contributed by atoms with Gasteiger partial charge < -0.3 is 0 Å². The lowest BCUT2D eigenvalue weighted by molar-refractivity contribution is -0.113. The number of carbonyl (C=O) groups is 1. The van der Waals surface area contributed by atoms with Gasteiger partial charge >= 0.3 is 0 Å². The third kappa shape index (κ3) is 2.70. The second-order valence-electron chi connectivity index (χ2n) is 4.57. The molecule has 6 heteroatoms. The highest BCUT2D eigenvalue weighted by Crippen LogP contribution is 2.29. The quantitative estimate of drug-likeness (QED) is 0.863. The first-order chi connectivity index (χ1) is 8.98. The van der Waals surface area contributed by atoms with Crippen molar-refractivity contribution in [1.29, 1.82) is 0 Å². The molecule has 1 saturated heterocycles. The molecule has 19 heavy (non-hydrogen) atoms. The maximum Gasteiger partial charge on any atom is 0.244 e. The Labute approximate surface area is 119 Å². The molecular formula is C13H17NO3S2. The summed E-state index contributed by atoms with van der Waals surface area (Å²) in [6.45, 7) is 2.30. The second kappa shape index (κ2) is 5.64. The fourth-order valence-electron chi connectivity index (χ4n) is 2.45. The van der Waals surface area contributed by atoms with Crippen LogP contribution in [0.15, 0.2) is 29.2 Å². The Hall–Kier alpha value is -0.850. The summed E-state index contributed by atoms with van der Waals surface area (Å²) < 4.78 is 26.6. The Morgan fingerprint density at radius 1 is 1.42 bits per heavy atom. The third-order valence-electron chi connectivity index (χ3n) is 3.43. The van der Waals surface area contributed by atoms with Gasteiger partial charge in [-0.25, -0.2) is 8.42 Å². The SMILES string of the molecule is CCc1ccccc1S(=O)(=O)N1CCC[C@H]1C(=O)S. The number of benzene rings is 1. The highest BCUT2D eigenvalue weighted by atomic mass is 32.2. The molecule has 0 N–H and O–H groups in total. The summed E-state index contributed by atoms with van der Waals surface area (Å²) in [7, 11) is -3.61. The molecule has 0 aliphatic carbocycles. The van der Waals surface area contributed by atoms with Crippen LogP contribution in [0.3, 0.4) is 0 Å². The Bertz CT molecular complexity index is 583. The lowest BCUT2D eigenvalue weighted by atomic mass is 10.2. The zero-order chi connectivity index (χ0) is 14.0. The van der Waals surface area contributed by atoms with Crippen LogP contribution in [0.25, 0.3) is 0 Å². The standard InChI is InChI=1S/C13H17NO3S2/c1-2-10-6-3-4-8-12(10)19(16,17)14-9-5-7-11(14)13(15)18/h3-4,6,8,11H,2,5,7,9H2,1H3,(H,15,18)/t11-/m0/s1. The number of thiol groups is 1. The molecule has 0 saturated carbocycles. The highest BCUT2D eigenvalue weighted by molar-refractivity contribution is 7.97. The average Bonchev–Trinajstić information content (AvgIpc) is 2.88. The Kier molecular flexibility index (Phi) is 4.32. The van der Waals surface area contributed by atoms with E-state index in [1.165, 1.54) is 4.31 Å². The van der Waals surface area contributed by atoms with Crippen molar-refractivity contribution < 1.29 is 13.2 Å². The van der Waals surface area contributed by atoms with Gasteiger partial charge in [-0.2, -0.15) is 4.31 Å². The van der Waals surface area contributed by atoms with Gasteiger partial charge in [0.25, 0.3) is 0 Å². The lowest BCUT2D eigenvalue weighted by Gasteiger charge is -2.22. The number of sulfonamides is 1. The minimum absolute atomic E-state index is 0.305. The number of hydrogen-bond donors (Lipinski definition) is 1. The van der Waals surface area contributed by atoms with Crippen LogP contribution >= 0.6 is 12.6 Å². The molecule has 0 spiro atoms. The summed E-state index contributed by atoms with van der Waals surface area (Å²) in [6.07, 6.45) is 1.89. The van der Waals surface area contributed by atoms with Crippen molar-refractivity contribution >= 4 is 27.8 Å². The van der Waals surface area contributed by atoms with Crippen molar-refractivity contribution in [2.75, 3.05) is 6.54 Å². The molecule has 0 bridgehead atoms. The van der Waals surface area contributed by atoms with Crippen LogP contribution in [0, 0.1) is 0 Å². The number of rotatable bonds is 4. The Morgan fingerprint density at radius 2 is 2.11 bits per heavy atom.